The highest BCUT2D eigenvalue weighted by atomic mass is 32.2. The highest BCUT2D eigenvalue weighted by molar-refractivity contribution is 7.89. The van der Waals surface area contributed by atoms with Crippen LogP contribution in [0.1, 0.15) is 16.7 Å². The van der Waals surface area contributed by atoms with E-state index in [0.717, 1.165) is 5.56 Å². The maximum absolute atomic E-state index is 12.1. The van der Waals surface area contributed by atoms with Gasteiger partial charge in [-0.15, -0.1) is 0 Å². The normalized spacial score (nSPS) is 11.6. The van der Waals surface area contributed by atoms with Crippen LogP contribution in [0.2, 0.25) is 0 Å². The van der Waals surface area contributed by atoms with Crippen molar-refractivity contribution >= 4 is 10.0 Å². The predicted molar refractivity (Wildman–Crippen MR) is 69.5 cm³/mol. The quantitative estimate of drug-likeness (QED) is 0.835. The smallest absolute Gasteiger partial charge is 0.241 e. The zero-order valence-electron chi connectivity index (χ0n) is 11.1. The van der Waals surface area contributed by atoms with E-state index in [4.69, 9.17) is 9.84 Å². The Kier molecular flexibility index (Phi) is 4.72. The lowest BCUT2D eigenvalue weighted by atomic mass is 10.1. The van der Waals surface area contributed by atoms with Crippen molar-refractivity contribution in [2.45, 2.75) is 25.7 Å². The molecule has 0 aromatic heterocycles. The van der Waals surface area contributed by atoms with Crippen LogP contribution in [-0.2, 0) is 10.0 Å². The van der Waals surface area contributed by atoms with Crippen LogP contribution in [-0.4, -0.2) is 33.8 Å². The standard InChI is InChI=1S/C12H19NO4S/c1-8-7-11(17-4)9(2)10(3)12(8)18(15,16)13-5-6-14/h7,13-14H,5-6H2,1-4H3. The van der Waals surface area contributed by atoms with Crippen molar-refractivity contribution in [2.75, 3.05) is 20.3 Å². The highest BCUT2D eigenvalue weighted by Gasteiger charge is 2.22. The summed E-state index contributed by atoms with van der Waals surface area (Å²) in [6, 6.07) is 1.70. The van der Waals surface area contributed by atoms with Crippen LogP contribution in [0, 0.1) is 20.8 Å². The van der Waals surface area contributed by atoms with Gasteiger partial charge in [-0.3, -0.25) is 0 Å². The summed E-state index contributed by atoms with van der Waals surface area (Å²) < 4.78 is 31.8. The Morgan fingerprint density at radius 3 is 2.39 bits per heavy atom. The summed E-state index contributed by atoms with van der Waals surface area (Å²) in [5.74, 6) is 0.672. The van der Waals surface area contributed by atoms with Crippen molar-refractivity contribution in [3.63, 3.8) is 0 Å². The van der Waals surface area contributed by atoms with Crippen molar-refractivity contribution in [1.82, 2.24) is 4.72 Å². The maximum Gasteiger partial charge on any atom is 0.241 e. The highest BCUT2D eigenvalue weighted by Crippen LogP contribution is 2.30. The summed E-state index contributed by atoms with van der Waals surface area (Å²) in [6.07, 6.45) is 0. The number of ether oxygens (including phenoxy) is 1. The summed E-state index contributed by atoms with van der Waals surface area (Å²) in [5, 5.41) is 8.70. The van der Waals surface area contributed by atoms with Gasteiger partial charge in [-0.1, -0.05) is 0 Å². The predicted octanol–water partition coefficient (Wildman–Crippen LogP) is 0.891. The van der Waals surface area contributed by atoms with Gasteiger partial charge < -0.3 is 9.84 Å². The molecule has 2 N–H and O–H groups in total. The lowest BCUT2D eigenvalue weighted by Crippen LogP contribution is -2.28. The molecule has 0 aliphatic heterocycles. The Morgan fingerprint density at radius 1 is 1.28 bits per heavy atom. The molecule has 18 heavy (non-hydrogen) atoms. The molecule has 0 bridgehead atoms. The minimum absolute atomic E-state index is 0.00624. The van der Waals surface area contributed by atoms with E-state index in [9.17, 15) is 8.42 Å². The van der Waals surface area contributed by atoms with Gasteiger partial charge in [0.1, 0.15) is 5.75 Å². The van der Waals surface area contributed by atoms with Gasteiger partial charge in [0.25, 0.3) is 0 Å². The van der Waals surface area contributed by atoms with Crippen LogP contribution in [0.3, 0.4) is 0 Å². The van der Waals surface area contributed by atoms with Gasteiger partial charge in [0, 0.05) is 6.54 Å². The van der Waals surface area contributed by atoms with Crippen molar-refractivity contribution < 1.29 is 18.3 Å². The van der Waals surface area contributed by atoms with E-state index in [1.165, 1.54) is 0 Å². The molecule has 0 amide bonds. The number of benzene rings is 1. The minimum atomic E-state index is -3.60. The molecule has 0 spiro atoms. The molecule has 0 radical (unpaired) electrons. The molecule has 0 aliphatic rings. The third-order valence-corrected chi connectivity index (χ3v) is 4.62. The summed E-state index contributed by atoms with van der Waals surface area (Å²) >= 11 is 0. The first kappa shape index (κ1) is 14.9. The molecule has 0 unspecified atom stereocenters. The van der Waals surface area contributed by atoms with Gasteiger partial charge in [-0.05, 0) is 43.5 Å². The zero-order chi connectivity index (χ0) is 13.9. The van der Waals surface area contributed by atoms with E-state index in [1.54, 1.807) is 27.0 Å². The van der Waals surface area contributed by atoms with Gasteiger partial charge in [-0.25, -0.2) is 13.1 Å². The summed E-state index contributed by atoms with van der Waals surface area (Å²) in [4.78, 5) is 0.259. The van der Waals surface area contributed by atoms with Crippen molar-refractivity contribution in [3.8, 4) is 5.75 Å². The molecular formula is C12H19NO4S. The van der Waals surface area contributed by atoms with Gasteiger partial charge in [-0.2, -0.15) is 0 Å². The average Bonchev–Trinajstić information content (AvgIpc) is 2.31. The number of hydrogen-bond acceptors (Lipinski definition) is 4. The molecule has 0 saturated heterocycles. The molecular weight excluding hydrogens is 254 g/mol. The molecule has 0 saturated carbocycles. The summed E-state index contributed by atoms with van der Waals surface area (Å²) in [6.45, 7) is 5.07. The molecule has 6 heteroatoms. The number of aliphatic hydroxyl groups excluding tert-OH is 1. The topological polar surface area (TPSA) is 75.6 Å². The van der Waals surface area contributed by atoms with Crippen LogP contribution in [0.15, 0.2) is 11.0 Å². The fourth-order valence-electron chi connectivity index (χ4n) is 1.90. The lowest BCUT2D eigenvalue weighted by molar-refractivity contribution is 0.301. The summed E-state index contributed by atoms with van der Waals surface area (Å²) in [7, 11) is -2.04. The first-order valence-electron chi connectivity index (χ1n) is 5.60. The zero-order valence-corrected chi connectivity index (χ0v) is 11.9. The Hall–Kier alpha value is -1.11. The molecule has 0 aliphatic carbocycles. The van der Waals surface area contributed by atoms with Crippen molar-refractivity contribution in [3.05, 3.63) is 22.8 Å². The van der Waals surface area contributed by atoms with E-state index < -0.39 is 10.0 Å². The minimum Gasteiger partial charge on any atom is -0.496 e. The monoisotopic (exact) mass is 273 g/mol. The largest absolute Gasteiger partial charge is 0.496 e. The second-order valence-electron chi connectivity index (χ2n) is 4.10. The second-order valence-corrected chi connectivity index (χ2v) is 5.80. The van der Waals surface area contributed by atoms with Crippen LogP contribution in [0.4, 0.5) is 0 Å². The number of sulfonamides is 1. The maximum atomic E-state index is 12.1. The first-order chi connectivity index (χ1) is 8.35. The molecule has 1 aromatic carbocycles. The van der Waals surface area contributed by atoms with Gasteiger partial charge in [0.15, 0.2) is 0 Å². The number of nitrogens with one attached hydrogen (secondary N) is 1. The van der Waals surface area contributed by atoms with Gasteiger partial charge >= 0.3 is 0 Å². The Labute approximate surface area is 108 Å². The molecule has 102 valence electrons. The van der Waals surface area contributed by atoms with Crippen LogP contribution < -0.4 is 9.46 Å². The van der Waals surface area contributed by atoms with Crippen LogP contribution >= 0.6 is 0 Å². The number of aryl methyl sites for hydroxylation is 1. The van der Waals surface area contributed by atoms with E-state index in [0.29, 0.717) is 16.9 Å². The molecule has 0 fully saturated rings. The van der Waals surface area contributed by atoms with E-state index in [2.05, 4.69) is 4.72 Å². The fourth-order valence-corrected chi connectivity index (χ4v) is 3.44. The van der Waals surface area contributed by atoms with Crippen LogP contribution in [0.25, 0.3) is 0 Å². The second kappa shape index (κ2) is 5.69. The van der Waals surface area contributed by atoms with Crippen LogP contribution in [0.5, 0.6) is 5.75 Å². The third kappa shape index (κ3) is 2.82. The Balaban J connectivity index is 3.38. The van der Waals surface area contributed by atoms with Crippen molar-refractivity contribution in [2.24, 2.45) is 0 Å². The number of hydrogen-bond donors (Lipinski definition) is 2. The van der Waals surface area contributed by atoms with Gasteiger partial charge in [0.2, 0.25) is 10.0 Å². The molecule has 1 aromatic rings. The molecule has 0 heterocycles. The molecule has 1 rings (SSSR count). The average molecular weight is 273 g/mol. The fraction of sp³-hybridized carbons (Fsp3) is 0.500. The van der Waals surface area contributed by atoms with E-state index in [1.807, 2.05) is 6.92 Å². The van der Waals surface area contributed by atoms with E-state index in [-0.39, 0.29) is 18.0 Å². The number of rotatable bonds is 5. The van der Waals surface area contributed by atoms with E-state index >= 15 is 0 Å². The Morgan fingerprint density at radius 2 is 1.89 bits per heavy atom. The molecule has 0 atom stereocenters. The van der Waals surface area contributed by atoms with Gasteiger partial charge in [0.05, 0.1) is 18.6 Å². The lowest BCUT2D eigenvalue weighted by Gasteiger charge is -2.16. The third-order valence-electron chi connectivity index (χ3n) is 2.87. The summed E-state index contributed by atoms with van der Waals surface area (Å²) in [5.41, 5.74) is 2.09. The molecule has 5 nitrogen and oxygen atoms in total. The Bertz CT molecular complexity index is 537. The number of aliphatic hydroxyl groups is 1. The number of methoxy groups -OCH3 is 1. The SMILES string of the molecule is COc1cc(C)c(S(=O)(=O)NCCO)c(C)c1C. The first-order valence-corrected chi connectivity index (χ1v) is 7.08. The van der Waals surface area contributed by atoms with Crippen molar-refractivity contribution in [1.29, 1.82) is 0 Å².